The minimum atomic E-state index is -0.548. The first kappa shape index (κ1) is 15.5. The molecule has 0 aliphatic carbocycles. The van der Waals surface area contributed by atoms with Crippen LogP contribution in [0.3, 0.4) is 0 Å². The Balaban J connectivity index is 1.96. The van der Waals surface area contributed by atoms with Gasteiger partial charge in [0.25, 0.3) is 0 Å². The zero-order chi connectivity index (χ0) is 17.4. The number of nitrogens with zero attached hydrogens (tertiary/aromatic N) is 2. The molecule has 0 aliphatic heterocycles. The Morgan fingerprint density at radius 3 is 2.28 bits per heavy atom. The largest absolute Gasteiger partial charge is 0.319 e. The van der Waals surface area contributed by atoms with Gasteiger partial charge in [-0.15, -0.1) is 0 Å². The van der Waals surface area contributed by atoms with E-state index in [9.17, 15) is 8.78 Å². The van der Waals surface area contributed by atoms with Gasteiger partial charge in [0.05, 0.1) is 17.6 Å². The molecule has 0 radical (unpaired) electrons. The highest BCUT2D eigenvalue weighted by Gasteiger charge is 2.17. The fraction of sp³-hybridized carbons (Fsp3) is 0.0952. The van der Waals surface area contributed by atoms with Gasteiger partial charge in [0.1, 0.15) is 17.5 Å². The first-order chi connectivity index (χ1) is 12.1. The van der Waals surface area contributed by atoms with Gasteiger partial charge >= 0.3 is 0 Å². The Hall–Kier alpha value is -3.01. The van der Waals surface area contributed by atoms with E-state index in [0.29, 0.717) is 5.82 Å². The molecule has 0 bridgehead atoms. The van der Waals surface area contributed by atoms with Crippen LogP contribution in [0.2, 0.25) is 0 Å². The fourth-order valence-corrected chi connectivity index (χ4v) is 3.11. The SMILES string of the molecule is Cc1ccccc1-c1nc2ccccc2n1Cc1c(F)cccc1F. The summed E-state index contributed by atoms with van der Waals surface area (Å²) in [5.74, 6) is -0.385. The third kappa shape index (κ3) is 2.70. The molecule has 1 heterocycles. The van der Waals surface area contributed by atoms with Crippen LogP contribution in [-0.4, -0.2) is 9.55 Å². The second kappa shape index (κ2) is 6.13. The van der Waals surface area contributed by atoms with E-state index in [4.69, 9.17) is 4.98 Å². The van der Waals surface area contributed by atoms with Crippen molar-refractivity contribution in [2.75, 3.05) is 0 Å². The summed E-state index contributed by atoms with van der Waals surface area (Å²) in [6.07, 6.45) is 0. The molecule has 4 aromatic rings. The lowest BCUT2D eigenvalue weighted by molar-refractivity contribution is 0.547. The Morgan fingerprint density at radius 1 is 0.840 bits per heavy atom. The number of para-hydroxylation sites is 2. The Morgan fingerprint density at radius 2 is 1.52 bits per heavy atom. The van der Waals surface area contributed by atoms with Crippen molar-refractivity contribution in [1.29, 1.82) is 0 Å². The molecule has 2 nitrogen and oxygen atoms in total. The lowest BCUT2D eigenvalue weighted by atomic mass is 10.1. The van der Waals surface area contributed by atoms with Crippen LogP contribution in [0.15, 0.2) is 66.7 Å². The smallest absolute Gasteiger partial charge is 0.141 e. The monoisotopic (exact) mass is 334 g/mol. The van der Waals surface area contributed by atoms with E-state index in [1.165, 1.54) is 18.2 Å². The standard InChI is InChI=1S/C21H16F2N2/c1-14-7-2-3-8-15(14)21-24-19-11-4-5-12-20(19)25(21)13-16-17(22)9-6-10-18(16)23/h2-12H,13H2,1H3. The number of benzene rings is 3. The third-order valence-electron chi connectivity index (χ3n) is 4.42. The summed E-state index contributed by atoms with van der Waals surface area (Å²) >= 11 is 0. The van der Waals surface area contributed by atoms with Gasteiger partial charge in [-0.1, -0.05) is 42.5 Å². The molecule has 0 fully saturated rings. The lowest BCUT2D eigenvalue weighted by Gasteiger charge is -2.12. The molecule has 0 saturated heterocycles. The van der Waals surface area contributed by atoms with Gasteiger partial charge in [-0.3, -0.25) is 0 Å². The molecule has 25 heavy (non-hydrogen) atoms. The summed E-state index contributed by atoms with van der Waals surface area (Å²) in [6, 6.07) is 19.5. The predicted molar refractivity (Wildman–Crippen MR) is 95.4 cm³/mol. The second-order valence-corrected chi connectivity index (χ2v) is 6.03. The van der Waals surface area contributed by atoms with Crippen LogP contribution < -0.4 is 0 Å². The van der Waals surface area contributed by atoms with Crippen molar-refractivity contribution in [1.82, 2.24) is 9.55 Å². The molecule has 3 aromatic carbocycles. The third-order valence-corrected chi connectivity index (χ3v) is 4.42. The normalized spacial score (nSPS) is 11.2. The molecule has 0 N–H and O–H groups in total. The molecule has 0 atom stereocenters. The summed E-state index contributed by atoms with van der Waals surface area (Å²) in [4.78, 5) is 4.72. The van der Waals surface area contributed by atoms with Crippen molar-refractivity contribution in [3.05, 3.63) is 89.5 Å². The molecule has 124 valence electrons. The van der Waals surface area contributed by atoms with E-state index in [2.05, 4.69) is 0 Å². The number of imidazole rings is 1. The molecule has 0 spiro atoms. The van der Waals surface area contributed by atoms with Crippen LogP contribution in [0.25, 0.3) is 22.4 Å². The first-order valence-corrected chi connectivity index (χ1v) is 8.09. The Kier molecular flexibility index (Phi) is 3.80. The van der Waals surface area contributed by atoms with Gasteiger partial charge in [-0.05, 0) is 36.8 Å². The summed E-state index contributed by atoms with van der Waals surface area (Å²) in [6.45, 7) is 2.09. The van der Waals surface area contributed by atoms with E-state index in [1.54, 1.807) is 0 Å². The fourth-order valence-electron chi connectivity index (χ4n) is 3.11. The number of halogens is 2. The van der Waals surface area contributed by atoms with Crippen molar-refractivity contribution >= 4 is 11.0 Å². The zero-order valence-electron chi connectivity index (χ0n) is 13.7. The highest BCUT2D eigenvalue weighted by Crippen LogP contribution is 2.28. The van der Waals surface area contributed by atoms with Crippen LogP contribution in [0.1, 0.15) is 11.1 Å². The molecular formula is C21H16F2N2. The molecular weight excluding hydrogens is 318 g/mol. The maximum Gasteiger partial charge on any atom is 0.141 e. The van der Waals surface area contributed by atoms with E-state index in [0.717, 1.165) is 22.2 Å². The van der Waals surface area contributed by atoms with Crippen LogP contribution in [0.4, 0.5) is 8.78 Å². The number of rotatable bonds is 3. The first-order valence-electron chi connectivity index (χ1n) is 8.09. The van der Waals surface area contributed by atoms with Crippen LogP contribution >= 0.6 is 0 Å². The maximum absolute atomic E-state index is 14.2. The van der Waals surface area contributed by atoms with Crippen molar-refractivity contribution in [2.45, 2.75) is 13.5 Å². The van der Waals surface area contributed by atoms with E-state index >= 15 is 0 Å². The second-order valence-electron chi connectivity index (χ2n) is 6.03. The predicted octanol–water partition coefficient (Wildman–Crippen LogP) is 5.34. The van der Waals surface area contributed by atoms with E-state index in [-0.39, 0.29) is 12.1 Å². The molecule has 0 aliphatic rings. The minimum absolute atomic E-state index is 0.0421. The average molecular weight is 334 g/mol. The summed E-state index contributed by atoms with van der Waals surface area (Å²) in [5, 5.41) is 0. The molecule has 0 saturated carbocycles. The van der Waals surface area contributed by atoms with E-state index < -0.39 is 11.6 Å². The van der Waals surface area contributed by atoms with Crippen molar-refractivity contribution in [3.8, 4) is 11.4 Å². The summed E-state index contributed by atoms with van der Waals surface area (Å²) in [5.41, 5.74) is 3.71. The zero-order valence-corrected chi connectivity index (χ0v) is 13.7. The number of fused-ring (bicyclic) bond motifs is 1. The van der Waals surface area contributed by atoms with Crippen LogP contribution in [-0.2, 0) is 6.54 Å². The average Bonchev–Trinajstić information content (AvgIpc) is 2.97. The van der Waals surface area contributed by atoms with Crippen molar-refractivity contribution in [2.24, 2.45) is 0 Å². The summed E-state index contributed by atoms with van der Waals surface area (Å²) < 4.78 is 30.2. The van der Waals surface area contributed by atoms with Crippen LogP contribution in [0, 0.1) is 18.6 Å². The number of hydrogen-bond donors (Lipinski definition) is 0. The van der Waals surface area contributed by atoms with Crippen LogP contribution in [0.5, 0.6) is 0 Å². The number of aromatic nitrogens is 2. The molecule has 4 rings (SSSR count). The lowest BCUT2D eigenvalue weighted by Crippen LogP contribution is -2.07. The maximum atomic E-state index is 14.2. The van der Waals surface area contributed by atoms with Crippen molar-refractivity contribution < 1.29 is 8.78 Å². The topological polar surface area (TPSA) is 17.8 Å². The quantitative estimate of drug-likeness (QED) is 0.494. The van der Waals surface area contributed by atoms with Gasteiger partial charge in [-0.25, -0.2) is 13.8 Å². The van der Waals surface area contributed by atoms with Gasteiger partial charge < -0.3 is 4.57 Å². The Bertz CT molecular complexity index is 1050. The highest BCUT2D eigenvalue weighted by molar-refractivity contribution is 5.81. The molecule has 0 unspecified atom stereocenters. The van der Waals surface area contributed by atoms with Gasteiger partial charge in [0.2, 0.25) is 0 Å². The Labute approximate surface area is 144 Å². The number of aryl methyl sites for hydroxylation is 1. The summed E-state index contributed by atoms with van der Waals surface area (Å²) in [7, 11) is 0. The molecule has 4 heteroatoms. The molecule has 0 amide bonds. The van der Waals surface area contributed by atoms with Crippen molar-refractivity contribution in [3.63, 3.8) is 0 Å². The highest BCUT2D eigenvalue weighted by atomic mass is 19.1. The number of hydrogen-bond acceptors (Lipinski definition) is 1. The van der Waals surface area contributed by atoms with Gasteiger partial charge in [0, 0.05) is 11.1 Å². The minimum Gasteiger partial charge on any atom is -0.319 e. The van der Waals surface area contributed by atoms with Gasteiger partial charge in [-0.2, -0.15) is 0 Å². The molecule has 1 aromatic heterocycles. The van der Waals surface area contributed by atoms with Gasteiger partial charge in [0.15, 0.2) is 0 Å². The van der Waals surface area contributed by atoms with E-state index in [1.807, 2.05) is 60.0 Å².